The van der Waals surface area contributed by atoms with Crippen LogP contribution in [0.3, 0.4) is 0 Å². The van der Waals surface area contributed by atoms with Crippen LogP contribution in [0.15, 0.2) is 48.5 Å². The Kier molecular flexibility index (Phi) is 5.19. The summed E-state index contributed by atoms with van der Waals surface area (Å²) in [6, 6.07) is 11.8. The van der Waals surface area contributed by atoms with Crippen molar-refractivity contribution in [3.63, 3.8) is 0 Å². The van der Waals surface area contributed by atoms with Crippen LogP contribution in [-0.2, 0) is 9.59 Å². The monoisotopic (exact) mass is 314 g/mol. The van der Waals surface area contributed by atoms with Crippen LogP contribution < -0.4 is 10.6 Å². The van der Waals surface area contributed by atoms with Gasteiger partial charge in [-0.1, -0.05) is 18.2 Å². The third kappa shape index (κ3) is 5.03. The number of nitrogens with one attached hydrogen (secondary N) is 2. The summed E-state index contributed by atoms with van der Waals surface area (Å²) in [5.41, 5.74) is 1.18. The average Bonchev–Trinajstić information content (AvgIpc) is 2.47. The lowest BCUT2D eigenvalue weighted by Crippen LogP contribution is -2.21. The molecule has 2 aromatic carbocycles. The summed E-state index contributed by atoms with van der Waals surface area (Å²) in [6.07, 6.45) is -0.416. The zero-order valence-corrected chi connectivity index (χ0v) is 12.4. The molecule has 5 nitrogen and oxygen atoms in total. The number of anilines is 2. The highest BCUT2D eigenvalue weighted by Gasteiger charge is 2.11. The van der Waals surface area contributed by atoms with Crippen molar-refractivity contribution in [2.45, 2.75) is 13.3 Å². The van der Waals surface area contributed by atoms with E-state index in [0.29, 0.717) is 11.3 Å². The highest BCUT2D eigenvalue weighted by molar-refractivity contribution is 6.08. The number of hydrogen-bond acceptors (Lipinski definition) is 3. The van der Waals surface area contributed by atoms with E-state index < -0.39 is 24.1 Å². The van der Waals surface area contributed by atoms with Crippen molar-refractivity contribution in [3.8, 4) is 0 Å². The molecule has 2 N–H and O–H groups in total. The summed E-state index contributed by atoms with van der Waals surface area (Å²) in [5.74, 6) is -1.69. The fourth-order valence-electron chi connectivity index (χ4n) is 1.94. The number of carbonyl (C=O) groups is 3. The molecule has 0 aliphatic heterocycles. The molecular weight excluding hydrogens is 299 g/mol. The first-order valence-corrected chi connectivity index (χ1v) is 6.90. The predicted octanol–water partition coefficient (Wildman–Crippen LogP) is 3.00. The van der Waals surface area contributed by atoms with E-state index in [1.807, 2.05) is 0 Å². The van der Waals surface area contributed by atoms with Gasteiger partial charge in [-0.2, -0.15) is 0 Å². The van der Waals surface area contributed by atoms with Gasteiger partial charge < -0.3 is 10.6 Å². The number of benzene rings is 2. The molecule has 0 atom stereocenters. The summed E-state index contributed by atoms with van der Waals surface area (Å²) in [7, 11) is 0. The van der Waals surface area contributed by atoms with Gasteiger partial charge in [0.2, 0.25) is 11.8 Å². The minimum Gasteiger partial charge on any atom is -0.326 e. The Labute approximate surface area is 132 Å². The minimum atomic E-state index is -0.559. The molecule has 0 fully saturated rings. The molecule has 0 heterocycles. The highest BCUT2D eigenvalue weighted by atomic mass is 19.1. The van der Waals surface area contributed by atoms with Crippen molar-refractivity contribution >= 4 is 29.0 Å². The molecule has 0 bridgehead atoms. The van der Waals surface area contributed by atoms with Gasteiger partial charge >= 0.3 is 0 Å². The first kappa shape index (κ1) is 16.4. The minimum absolute atomic E-state index is 0.120. The highest BCUT2D eigenvalue weighted by Crippen LogP contribution is 2.12. The number of ketones is 1. The fourth-order valence-corrected chi connectivity index (χ4v) is 1.94. The summed E-state index contributed by atoms with van der Waals surface area (Å²) in [6.45, 7) is 1.42. The summed E-state index contributed by atoms with van der Waals surface area (Å²) >= 11 is 0. The SMILES string of the molecule is CC(=O)c1cccc(NC(=O)CC(=O)Nc2cccc(F)c2)c1. The van der Waals surface area contributed by atoms with Gasteiger partial charge in [0.05, 0.1) is 0 Å². The molecule has 0 radical (unpaired) electrons. The molecule has 2 amide bonds. The maximum absolute atomic E-state index is 13.0. The van der Waals surface area contributed by atoms with Gasteiger partial charge in [0.1, 0.15) is 12.2 Å². The molecule has 118 valence electrons. The Balaban J connectivity index is 1.93. The normalized spacial score (nSPS) is 10.0. The molecule has 2 aromatic rings. The van der Waals surface area contributed by atoms with Gasteiger partial charge in [-0.05, 0) is 37.3 Å². The maximum Gasteiger partial charge on any atom is 0.233 e. The molecule has 0 saturated heterocycles. The van der Waals surface area contributed by atoms with Crippen LogP contribution in [-0.4, -0.2) is 17.6 Å². The van der Waals surface area contributed by atoms with Crippen LogP contribution in [0.25, 0.3) is 0 Å². The standard InChI is InChI=1S/C17H15FN2O3/c1-11(21)12-4-2-6-14(8-12)19-16(22)10-17(23)20-15-7-3-5-13(18)9-15/h2-9H,10H2,1H3,(H,19,22)(H,20,23). The lowest BCUT2D eigenvalue weighted by atomic mass is 10.1. The summed E-state index contributed by atoms with van der Waals surface area (Å²) < 4.78 is 13.0. The number of Topliss-reactive ketones (excluding diaryl/α,β-unsaturated/α-hetero) is 1. The lowest BCUT2D eigenvalue weighted by Gasteiger charge is -2.07. The van der Waals surface area contributed by atoms with E-state index in [-0.39, 0.29) is 11.5 Å². The van der Waals surface area contributed by atoms with Gasteiger partial charge in [0.15, 0.2) is 5.78 Å². The molecule has 0 aliphatic carbocycles. The predicted molar refractivity (Wildman–Crippen MR) is 84.7 cm³/mol. The van der Waals surface area contributed by atoms with E-state index in [0.717, 1.165) is 6.07 Å². The van der Waals surface area contributed by atoms with Crippen LogP contribution >= 0.6 is 0 Å². The molecule has 0 saturated carbocycles. The van der Waals surface area contributed by atoms with Gasteiger partial charge in [-0.15, -0.1) is 0 Å². The third-order valence-electron chi connectivity index (χ3n) is 2.98. The van der Waals surface area contributed by atoms with E-state index >= 15 is 0 Å². The number of hydrogen-bond donors (Lipinski definition) is 2. The molecular formula is C17H15FN2O3. The van der Waals surface area contributed by atoms with Crippen LogP contribution in [0.2, 0.25) is 0 Å². The fraction of sp³-hybridized carbons (Fsp3) is 0.118. The molecule has 6 heteroatoms. The van der Waals surface area contributed by atoms with Crippen LogP contribution in [0.5, 0.6) is 0 Å². The zero-order valence-electron chi connectivity index (χ0n) is 12.4. The van der Waals surface area contributed by atoms with Crippen LogP contribution in [0.4, 0.5) is 15.8 Å². The number of amides is 2. The Morgan fingerprint density at radius 3 is 2.04 bits per heavy atom. The average molecular weight is 314 g/mol. The second-order valence-corrected chi connectivity index (χ2v) is 4.92. The van der Waals surface area contributed by atoms with Crippen molar-refractivity contribution in [2.75, 3.05) is 10.6 Å². The van der Waals surface area contributed by atoms with E-state index in [1.54, 1.807) is 18.2 Å². The van der Waals surface area contributed by atoms with Crippen molar-refractivity contribution < 1.29 is 18.8 Å². The van der Waals surface area contributed by atoms with Gasteiger partial charge in [0.25, 0.3) is 0 Å². The van der Waals surface area contributed by atoms with E-state index in [4.69, 9.17) is 0 Å². The van der Waals surface area contributed by atoms with Crippen LogP contribution in [0, 0.1) is 5.82 Å². The van der Waals surface area contributed by atoms with E-state index in [2.05, 4.69) is 10.6 Å². The van der Waals surface area contributed by atoms with Gasteiger partial charge in [-0.3, -0.25) is 14.4 Å². The Hall–Kier alpha value is -3.02. The summed E-state index contributed by atoms with van der Waals surface area (Å²) in [4.78, 5) is 34.9. The lowest BCUT2D eigenvalue weighted by molar-refractivity contribution is -0.123. The Morgan fingerprint density at radius 2 is 1.48 bits per heavy atom. The van der Waals surface area contributed by atoms with Gasteiger partial charge in [0, 0.05) is 16.9 Å². The maximum atomic E-state index is 13.0. The number of rotatable bonds is 5. The third-order valence-corrected chi connectivity index (χ3v) is 2.98. The topological polar surface area (TPSA) is 75.3 Å². The van der Waals surface area contributed by atoms with Crippen molar-refractivity contribution in [2.24, 2.45) is 0 Å². The van der Waals surface area contributed by atoms with E-state index in [1.165, 1.54) is 31.2 Å². The van der Waals surface area contributed by atoms with Crippen molar-refractivity contribution in [1.82, 2.24) is 0 Å². The first-order chi connectivity index (χ1) is 10.9. The largest absolute Gasteiger partial charge is 0.326 e. The van der Waals surface area contributed by atoms with Crippen LogP contribution in [0.1, 0.15) is 23.7 Å². The Morgan fingerprint density at radius 1 is 0.913 bits per heavy atom. The zero-order chi connectivity index (χ0) is 16.8. The van der Waals surface area contributed by atoms with Gasteiger partial charge in [-0.25, -0.2) is 4.39 Å². The number of carbonyl (C=O) groups excluding carboxylic acids is 3. The second-order valence-electron chi connectivity index (χ2n) is 4.92. The Bertz CT molecular complexity index is 759. The molecule has 2 rings (SSSR count). The molecule has 23 heavy (non-hydrogen) atoms. The molecule has 0 aromatic heterocycles. The molecule has 0 spiro atoms. The summed E-state index contributed by atoms with van der Waals surface area (Å²) in [5, 5.41) is 4.97. The first-order valence-electron chi connectivity index (χ1n) is 6.90. The molecule has 0 aliphatic rings. The van der Waals surface area contributed by atoms with E-state index in [9.17, 15) is 18.8 Å². The quantitative estimate of drug-likeness (QED) is 0.658. The smallest absolute Gasteiger partial charge is 0.233 e. The number of halogens is 1. The van der Waals surface area contributed by atoms with Crippen molar-refractivity contribution in [1.29, 1.82) is 0 Å². The molecule has 0 unspecified atom stereocenters. The second kappa shape index (κ2) is 7.31. The van der Waals surface area contributed by atoms with Crippen molar-refractivity contribution in [3.05, 3.63) is 59.9 Å².